The van der Waals surface area contributed by atoms with Gasteiger partial charge in [0, 0.05) is 5.56 Å². The molecule has 1 saturated heterocycles. The molecule has 1 amide bonds. The second-order valence-electron chi connectivity index (χ2n) is 3.98. The first kappa shape index (κ1) is 10.2. The second-order valence-corrected chi connectivity index (χ2v) is 3.98. The summed E-state index contributed by atoms with van der Waals surface area (Å²) in [6.45, 7) is 2.05. The largest absolute Gasteiger partial charge is 0.366 e. The molecule has 3 N–H and O–H groups in total. The Morgan fingerprint density at radius 3 is 2.60 bits per heavy atom. The first-order valence-electron chi connectivity index (χ1n) is 5.38. The third-order valence-corrected chi connectivity index (χ3v) is 3.01. The third kappa shape index (κ3) is 2.18. The number of carbonyl (C=O) groups excluding carboxylic acids is 1. The van der Waals surface area contributed by atoms with Crippen LogP contribution in [0.3, 0.4) is 0 Å². The van der Waals surface area contributed by atoms with Gasteiger partial charge >= 0.3 is 0 Å². The number of amides is 1. The van der Waals surface area contributed by atoms with Crippen LogP contribution in [-0.2, 0) is 0 Å². The molecule has 0 spiro atoms. The summed E-state index contributed by atoms with van der Waals surface area (Å²) in [5.74, 6) is 0.166. The fraction of sp³-hybridized carbons (Fsp3) is 0.417. The summed E-state index contributed by atoms with van der Waals surface area (Å²) < 4.78 is 0. The van der Waals surface area contributed by atoms with Crippen molar-refractivity contribution in [2.45, 2.75) is 18.8 Å². The van der Waals surface area contributed by atoms with Crippen molar-refractivity contribution in [2.24, 2.45) is 5.73 Å². The van der Waals surface area contributed by atoms with Gasteiger partial charge < -0.3 is 11.1 Å². The van der Waals surface area contributed by atoms with Crippen molar-refractivity contribution >= 4 is 5.91 Å². The molecule has 80 valence electrons. The van der Waals surface area contributed by atoms with E-state index in [1.165, 1.54) is 0 Å². The molecule has 3 nitrogen and oxygen atoms in total. The van der Waals surface area contributed by atoms with Crippen LogP contribution in [0.15, 0.2) is 24.3 Å². The monoisotopic (exact) mass is 204 g/mol. The second kappa shape index (κ2) is 4.45. The van der Waals surface area contributed by atoms with E-state index in [0.717, 1.165) is 31.5 Å². The van der Waals surface area contributed by atoms with Gasteiger partial charge in [-0.25, -0.2) is 0 Å². The zero-order valence-corrected chi connectivity index (χ0v) is 8.70. The van der Waals surface area contributed by atoms with E-state index in [9.17, 15) is 4.79 Å². The number of hydrogen-bond donors (Lipinski definition) is 2. The maximum atomic E-state index is 11.3. The minimum Gasteiger partial charge on any atom is -0.366 e. The molecule has 0 aliphatic carbocycles. The SMILES string of the molecule is NC(=O)c1ccccc1C1CCNCC1. The summed E-state index contributed by atoms with van der Waals surface area (Å²) in [7, 11) is 0. The Morgan fingerprint density at radius 1 is 1.27 bits per heavy atom. The van der Waals surface area contributed by atoms with Gasteiger partial charge in [0.05, 0.1) is 0 Å². The van der Waals surface area contributed by atoms with Crippen LogP contribution in [0, 0.1) is 0 Å². The predicted octanol–water partition coefficient (Wildman–Crippen LogP) is 1.25. The van der Waals surface area contributed by atoms with Gasteiger partial charge in [0.25, 0.3) is 0 Å². The highest BCUT2D eigenvalue weighted by atomic mass is 16.1. The maximum Gasteiger partial charge on any atom is 0.248 e. The van der Waals surface area contributed by atoms with Crippen molar-refractivity contribution < 1.29 is 4.79 Å². The Hall–Kier alpha value is -1.35. The minimum absolute atomic E-state index is 0.316. The van der Waals surface area contributed by atoms with Gasteiger partial charge in [-0.05, 0) is 43.5 Å². The van der Waals surface area contributed by atoms with Crippen molar-refractivity contribution in [2.75, 3.05) is 13.1 Å². The van der Waals surface area contributed by atoms with Gasteiger partial charge in [-0.15, -0.1) is 0 Å². The summed E-state index contributed by atoms with van der Waals surface area (Å²) in [4.78, 5) is 11.3. The Balaban J connectivity index is 2.29. The van der Waals surface area contributed by atoms with E-state index < -0.39 is 0 Å². The number of carbonyl (C=O) groups is 1. The molecule has 0 atom stereocenters. The van der Waals surface area contributed by atoms with E-state index in [0.29, 0.717) is 11.5 Å². The van der Waals surface area contributed by atoms with Gasteiger partial charge in [-0.3, -0.25) is 4.79 Å². The van der Waals surface area contributed by atoms with Crippen molar-refractivity contribution in [1.82, 2.24) is 5.32 Å². The van der Waals surface area contributed by atoms with Crippen LogP contribution in [0.4, 0.5) is 0 Å². The lowest BCUT2D eigenvalue weighted by atomic mass is 9.87. The number of benzene rings is 1. The topological polar surface area (TPSA) is 55.1 Å². The number of rotatable bonds is 2. The molecule has 0 unspecified atom stereocenters. The Bertz CT molecular complexity index is 356. The number of primary amides is 1. The molecule has 0 aromatic heterocycles. The summed E-state index contributed by atoms with van der Waals surface area (Å²) in [5.41, 5.74) is 7.17. The fourth-order valence-electron chi connectivity index (χ4n) is 2.21. The standard InChI is InChI=1S/C12H16N2O/c13-12(15)11-4-2-1-3-10(11)9-5-7-14-8-6-9/h1-4,9,14H,5-8H2,(H2,13,15). The normalized spacial score (nSPS) is 17.6. The van der Waals surface area contributed by atoms with Crippen LogP contribution in [0.2, 0.25) is 0 Å². The first-order valence-corrected chi connectivity index (χ1v) is 5.38. The van der Waals surface area contributed by atoms with Crippen LogP contribution in [0.1, 0.15) is 34.7 Å². The number of nitrogens with one attached hydrogen (secondary N) is 1. The van der Waals surface area contributed by atoms with E-state index in [1.54, 1.807) is 0 Å². The van der Waals surface area contributed by atoms with Crippen molar-refractivity contribution in [3.05, 3.63) is 35.4 Å². The summed E-state index contributed by atoms with van der Waals surface area (Å²) >= 11 is 0. The zero-order chi connectivity index (χ0) is 10.7. The predicted molar refractivity (Wildman–Crippen MR) is 59.8 cm³/mol. The molecule has 15 heavy (non-hydrogen) atoms. The molecule has 1 aliphatic heterocycles. The van der Waals surface area contributed by atoms with E-state index in [1.807, 2.05) is 24.3 Å². The fourth-order valence-corrected chi connectivity index (χ4v) is 2.21. The Labute approximate surface area is 89.7 Å². The molecule has 1 fully saturated rings. The van der Waals surface area contributed by atoms with Crippen LogP contribution >= 0.6 is 0 Å². The Kier molecular flexibility index (Phi) is 3.02. The van der Waals surface area contributed by atoms with Crippen LogP contribution in [0.25, 0.3) is 0 Å². The molecule has 3 heteroatoms. The van der Waals surface area contributed by atoms with Crippen LogP contribution in [-0.4, -0.2) is 19.0 Å². The van der Waals surface area contributed by atoms with Crippen molar-refractivity contribution in [3.63, 3.8) is 0 Å². The van der Waals surface area contributed by atoms with Gasteiger partial charge in [0.2, 0.25) is 5.91 Å². The molecule has 1 aromatic rings. The molecule has 1 heterocycles. The smallest absolute Gasteiger partial charge is 0.248 e. The van der Waals surface area contributed by atoms with Gasteiger partial charge in [-0.2, -0.15) is 0 Å². The quantitative estimate of drug-likeness (QED) is 0.761. The van der Waals surface area contributed by atoms with Crippen LogP contribution in [0.5, 0.6) is 0 Å². The lowest BCUT2D eigenvalue weighted by molar-refractivity contribution is 0.0998. The van der Waals surface area contributed by atoms with Crippen LogP contribution < -0.4 is 11.1 Å². The van der Waals surface area contributed by atoms with Gasteiger partial charge in [-0.1, -0.05) is 18.2 Å². The molecular weight excluding hydrogens is 188 g/mol. The molecular formula is C12H16N2O. The Morgan fingerprint density at radius 2 is 1.93 bits per heavy atom. The van der Waals surface area contributed by atoms with Crippen molar-refractivity contribution in [1.29, 1.82) is 0 Å². The highest BCUT2D eigenvalue weighted by molar-refractivity contribution is 5.94. The summed E-state index contributed by atoms with van der Waals surface area (Å²) in [5, 5.41) is 3.32. The number of piperidine rings is 1. The summed E-state index contributed by atoms with van der Waals surface area (Å²) in [6, 6.07) is 7.68. The number of hydrogen-bond acceptors (Lipinski definition) is 2. The van der Waals surface area contributed by atoms with Gasteiger partial charge in [0.15, 0.2) is 0 Å². The van der Waals surface area contributed by atoms with E-state index in [2.05, 4.69) is 5.32 Å². The summed E-state index contributed by atoms with van der Waals surface area (Å²) in [6.07, 6.45) is 2.18. The molecule has 1 aliphatic rings. The average molecular weight is 204 g/mol. The average Bonchev–Trinajstić information content (AvgIpc) is 2.30. The lowest BCUT2D eigenvalue weighted by Crippen LogP contribution is -2.28. The molecule has 0 saturated carbocycles. The highest BCUT2D eigenvalue weighted by Gasteiger charge is 2.19. The minimum atomic E-state index is -0.316. The number of nitrogens with two attached hydrogens (primary N) is 1. The molecule has 0 bridgehead atoms. The molecule has 0 radical (unpaired) electrons. The zero-order valence-electron chi connectivity index (χ0n) is 8.70. The first-order chi connectivity index (χ1) is 7.29. The maximum absolute atomic E-state index is 11.3. The van der Waals surface area contributed by atoms with E-state index in [4.69, 9.17) is 5.73 Å². The van der Waals surface area contributed by atoms with E-state index in [-0.39, 0.29) is 5.91 Å². The third-order valence-electron chi connectivity index (χ3n) is 3.01. The molecule has 1 aromatic carbocycles. The van der Waals surface area contributed by atoms with Gasteiger partial charge in [0.1, 0.15) is 0 Å². The molecule has 2 rings (SSSR count). The lowest BCUT2D eigenvalue weighted by Gasteiger charge is -2.24. The van der Waals surface area contributed by atoms with E-state index >= 15 is 0 Å². The highest BCUT2D eigenvalue weighted by Crippen LogP contribution is 2.27. The van der Waals surface area contributed by atoms with Crippen molar-refractivity contribution in [3.8, 4) is 0 Å².